The summed E-state index contributed by atoms with van der Waals surface area (Å²) in [6.45, 7) is 13.2. The molecule has 0 radical (unpaired) electrons. The summed E-state index contributed by atoms with van der Waals surface area (Å²) in [7, 11) is 0. The lowest BCUT2D eigenvalue weighted by Gasteiger charge is -2.53. The van der Waals surface area contributed by atoms with Gasteiger partial charge in [0, 0.05) is 37.3 Å². The molecule has 0 N–H and O–H groups in total. The molecule has 0 aliphatic carbocycles. The first-order valence-electron chi connectivity index (χ1n) is 12.4. The lowest BCUT2D eigenvalue weighted by atomic mass is 9.90. The minimum absolute atomic E-state index is 0.131. The van der Waals surface area contributed by atoms with Crippen LogP contribution in [0.2, 0.25) is 0 Å². The van der Waals surface area contributed by atoms with E-state index in [1.54, 1.807) is 4.90 Å². The second-order valence-corrected chi connectivity index (χ2v) is 11.2. The fourth-order valence-electron chi connectivity index (χ4n) is 5.54. The number of morpholine rings is 1. The predicted molar refractivity (Wildman–Crippen MR) is 128 cm³/mol. The molecule has 3 heterocycles. The number of hydrogen-bond acceptors (Lipinski definition) is 6. The number of carbonyl (C=O) groups excluding carboxylic acids is 2. The zero-order valence-corrected chi connectivity index (χ0v) is 21.2. The van der Waals surface area contributed by atoms with Crippen molar-refractivity contribution in [3.05, 3.63) is 35.9 Å². The number of piperazine rings is 1. The maximum absolute atomic E-state index is 12.8. The largest absolute Gasteiger partial charge is 0.445 e. The Morgan fingerprint density at radius 3 is 2.21 bits per heavy atom. The van der Waals surface area contributed by atoms with E-state index in [4.69, 9.17) is 14.2 Å². The van der Waals surface area contributed by atoms with Gasteiger partial charge in [0.25, 0.3) is 0 Å². The van der Waals surface area contributed by atoms with Gasteiger partial charge in [-0.2, -0.15) is 0 Å². The van der Waals surface area contributed by atoms with Crippen LogP contribution in [-0.2, 0) is 20.8 Å². The van der Waals surface area contributed by atoms with E-state index >= 15 is 0 Å². The summed E-state index contributed by atoms with van der Waals surface area (Å²) >= 11 is 0. The molecule has 3 aliphatic rings. The van der Waals surface area contributed by atoms with Crippen molar-refractivity contribution in [1.82, 2.24) is 14.7 Å². The molecule has 8 heteroatoms. The van der Waals surface area contributed by atoms with Crippen LogP contribution in [0.25, 0.3) is 0 Å². The van der Waals surface area contributed by atoms with E-state index in [0.717, 1.165) is 18.4 Å². The highest BCUT2D eigenvalue weighted by molar-refractivity contribution is 5.68. The molecule has 188 valence electrons. The topological polar surface area (TPSA) is 71.5 Å². The van der Waals surface area contributed by atoms with Crippen molar-refractivity contribution >= 4 is 12.2 Å². The highest BCUT2D eigenvalue weighted by Gasteiger charge is 2.51. The molecule has 0 spiro atoms. The average Bonchev–Trinajstić information content (AvgIpc) is 3.08. The van der Waals surface area contributed by atoms with Gasteiger partial charge in [-0.25, -0.2) is 9.59 Å². The van der Waals surface area contributed by atoms with Gasteiger partial charge in [0.1, 0.15) is 12.2 Å². The van der Waals surface area contributed by atoms with Gasteiger partial charge in [0.15, 0.2) is 0 Å². The summed E-state index contributed by atoms with van der Waals surface area (Å²) in [6.07, 6.45) is 1.42. The Hall–Kier alpha value is -2.32. The van der Waals surface area contributed by atoms with Crippen molar-refractivity contribution < 1.29 is 23.8 Å². The zero-order valence-electron chi connectivity index (χ0n) is 21.2. The monoisotopic (exact) mass is 473 g/mol. The van der Waals surface area contributed by atoms with E-state index in [2.05, 4.69) is 18.7 Å². The van der Waals surface area contributed by atoms with Gasteiger partial charge in [-0.1, -0.05) is 30.3 Å². The van der Waals surface area contributed by atoms with E-state index in [0.29, 0.717) is 32.8 Å². The fourth-order valence-corrected chi connectivity index (χ4v) is 5.54. The Kier molecular flexibility index (Phi) is 7.10. The molecule has 8 nitrogen and oxygen atoms in total. The molecule has 3 unspecified atom stereocenters. The second-order valence-electron chi connectivity index (χ2n) is 11.2. The van der Waals surface area contributed by atoms with E-state index in [1.165, 1.54) is 0 Å². The van der Waals surface area contributed by atoms with Gasteiger partial charge in [-0.3, -0.25) is 4.90 Å². The average molecular weight is 474 g/mol. The van der Waals surface area contributed by atoms with Gasteiger partial charge < -0.3 is 24.0 Å². The van der Waals surface area contributed by atoms with Crippen molar-refractivity contribution in [2.75, 3.05) is 32.8 Å². The minimum atomic E-state index is -0.523. The van der Waals surface area contributed by atoms with Gasteiger partial charge >= 0.3 is 12.2 Å². The van der Waals surface area contributed by atoms with E-state index < -0.39 is 5.60 Å². The Bertz CT molecular complexity index is 855. The zero-order chi connectivity index (χ0) is 24.5. The second kappa shape index (κ2) is 9.74. The summed E-state index contributed by atoms with van der Waals surface area (Å²) in [5.74, 6) is 0. The molecule has 2 amide bonds. The van der Waals surface area contributed by atoms with Crippen molar-refractivity contribution in [3.63, 3.8) is 0 Å². The first-order valence-corrected chi connectivity index (χ1v) is 12.4. The maximum Gasteiger partial charge on any atom is 0.410 e. The predicted octanol–water partition coefficient (Wildman–Crippen LogP) is 3.89. The van der Waals surface area contributed by atoms with Crippen molar-refractivity contribution in [2.24, 2.45) is 0 Å². The molecule has 3 saturated heterocycles. The standard InChI is InChI=1S/C26H39N3O5/c1-25(2,3)34-24(31)27-13-14-32-22(17-27)26(4,5)29-20-11-12-21(29)16-28(15-20)23(30)33-18-19-9-7-6-8-10-19/h6-10,20-22H,11-18H2,1-5H3. The van der Waals surface area contributed by atoms with Crippen LogP contribution in [0.15, 0.2) is 30.3 Å². The van der Waals surface area contributed by atoms with Crippen LogP contribution in [0.3, 0.4) is 0 Å². The molecule has 3 atom stereocenters. The van der Waals surface area contributed by atoms with Gasteiger partial charge in [-0.05, 0) is 53.0 Å². The van der Waals surface area contributed by atoms with Crippen LogP contribution < -0.4 is 0 Å². The molecule has 3 fully saturated rings. The SMILES string of the molecule is CC(C)(C)OC(=O)N1CCOC(C(C)(C)N2C3CCC2CN(C(=O)OCc2ccccc2)C3)C1. The Labute approximate surface area is 203 Å². The Morgan fingerprint density at radius 1 is 0.941 bits per heavy atom. The number of rotatable bonds is 4. The first-order chi connectivity index (χ1) is 16.0. The van der Waals surface area contributed by atoms with E-state index in [9.17, 15) is 9.59 Å². The van der Waals surface area contributed by atoms with Crippen LogP contribution >= 0.6 is 0 Å². The molecule has 2 bridgehead atoms. The number of ether oxygens (including phenoxy) is 3. The number of carbonyl (C=O) groups is 2. The van der Waals surface area contributed by atoms with Crippen LogP contribution in [0.1, 0.15) is 53.0 Å². The third-order valence-electron chi connectivity index (χ3n) is 7.12. The van der Waals surface area contributed by atoms with Crippen molar-refractivity contribution in [1.29, 1.82) is 0 Å². The molecular formula is C26H39N3O5. The summed E-state index contributed by atoms with van der Waals surface area (Å²) < 4.78 is 17.4. The van der Waals surface area contributed by atoms with Crippen LogP contribution in [0.4, 0.5) is 9.59 Å². The summed E-state index contributed by atoms with van der Waals surface area (Å²) in [5, 5.41) is 0. The molecule has 3 aliphatic heterocycles. The fraction of sp³-hybridized carbons (Fsp3) is 0.692. The third-order valence-corrected chi connectivity index (χ3v) is 7.12. The number of fused-ring (bicyclic) bond motifs is 2. The molecule has 1 aromatic rings. The number of nitrogens with zero attached hydrogens (tertiary/aromatic N) is 3. The van der Waals surface area contributed by atoms with Crippen LogP contribution in [-0.4, -0.2) is 89.0 Å². The highest BCUT2D eigenvalue weighted by atomic mass is 16.6. The van der Waals surface area contributed by atoms with Gasteiger partial charge in [0.2, 0.25) is 0 Å². The van der Waals surface area contributed by atoms with E-state index in [-0.39, 0.29) is 42.5 Å². The lowest BCUT2D eigenvalue weighted by molar-refractivity contribution is -0.125. The first kappa shape index (κ1) is 24.8. The minimum Gasteiger partial charge on any atom is -0.445 e. The number of hydrogen-bond donors (Lipinski definition) is 0. The third kappa shape index (κ3) is 5.49. The van der Waals surface area contributed by atoms with Crippen molar-refractivity contribution in [2.45, 2.75) is 83.4 Å². The summed E-state index contributed by atoms with van der Waals surface area (Å²) in [5.41, 5.74) is 0.180. The molecule has 4 rings (SSSR count). The molecule has 1 aromatic carbocycles. The van der Waals surface area contributed by atoms with Crippen LogP contribution in [0, 0.1) is 0 Å². The maximum atomic E-state index is 12.8. The van der Waals surface area contributed by atoms with Crippen LogP contribution in [0.5, 0.6) is 0 Å². The number of amides is 2. The Morgan fingerprint density at radius 2 is 1.59 bits per heavy atom. The summed E-state index contributed by atoms with van der Waals surface area (Å²) in [6, 6.07) is 10.3. The number of likely N-dealkylation sites (tertiary alicyclic amines) is 1. The molecule has 0 saturated carbocycles. The van der Waals surface area contributed by atoms with Crippen molar-refractivity contribution in [3.8, 4) is 0 Å². The molecule has 0 aromatic heterocycles. The van der Waals surface area contributed by atoms with E-state index in [1.807, 2.05) is 56.0 Å². The molecular weight excluding hydrogens is 434 g/mol. The summed E-state index contributed by atoms with van der Waals surface area (Å²) in [4.78, 5) is 31.6. The lowest BCUT2D eigenvalue weighted by Crippen LogP contribution is -2.67. The Balaban J connectivity index is 1.37. The smallest absolute Gasteiger partial charge is 0.410 e. The normalized spacial score (nSPS) is 25.9. The van der Waals surface area contributed by atoms with Gasteiger partial charge in [-0.15, -0.1) is 0 Å². The quantitative estimate of drug-likeness (QED) is 0.661. The number of benzene rings is 1. The van der Waals surface area contributed by atoms with Gasteiger partial charge in [0.05, 0.1) is 19.3 Å². The molecule has 34 heavy (non-hydrogen) atoms. The highest BCUT2D eigenvalue weighted by Crippen LogP contribution is 2.39.